The van der Waals surface area contributed by atoms with Gasteiger partial charge in [-0.3, -0.25) is 9.59 Å². The normalized spacial score (nSPS) is 16.6. The van der Waals surface area contributed by atoms with Crippen LogP contribution in [0.2, 0.25) is 5.02 Å². The molecule has 1 aliphatic heterocycles. The van der Waals surface area contributed by atoms with Crippen LogP contribution in [0.15, 0.2) is 54.9 Å². The minimum absolute atomic E-state index is 0.0521. The molecule has 1 atom stereocenters. The summed E-state index contributed by atoms with van der Waals surface area (Å²) in [7, 11) is 0. The lowest BCUT2D eigenvalue weighted by Crippen LogP contribution is -2.42. The molecule has 5 nitrogen and oxygen atoms in total. The quantitative estimate of drug-likeness (QED) is 0.633. The largest absolute Gasteiger partial charge is 0.345 e. The number of aromatic amines is 1. The maximum Gasteiger partial charge on any atom is 0.253 e. The van der Waals surface area contributed by atoms with Crippen LogP contribution >= 0.6 is 11.6 Å². The number of aryl methyl sites for hydroxylation is 1. The van der Waals surface area contributed by atoms with E-state index in [4.69, 9.17) is 11.6 Å². The molecule has 0 saturated carbocycles. The van der Waals surface area contributed by atoms with Crippen LogP contribution in [-0.4, -0.2) is 39.6 Å². The lowest BCUT2D eigenvalue weighted by molar-refractivity contribution is 0.0637. The standard InChI is InChI=1S/C23H22ClN3O2/c1-15-12-19(24)7-8-20(15)21(28)18-6-3-11-27(14-18)23(29)17-5-2-4-16(13-17)22-25-9-10-26-22/h2,4-5,7-10,12-13,18H,3,6,11,14H2,1H3,(H,25,26). The van der Waals surface area contributed by atoms with Crippen molar-refractivity contribution in [2.75, 3.05) is 13.1 Å². The van der Waals surface area contributed by atoms with E-state index in [-0.39, 0.29) is 17.6 Å². The number of hydrogen-bond acceptors (Lipinski definition) is 3. The minimum atomic E-state index is -0.194. The zero-order chi connectivity index (χ0) is 20.4. The number of nitrogens with one attached hydrogen (secondary N) is 1. The van der Waals surface area contributed by atoms with E-state index >= 15 is 0 Å². The number of carbonyl (C=O) groups is 2. The van der Waals surface area contributed by atoms with Crippen molar-refractivity contribution in [3.05, 3.63) is 76.6 Å². The average molecular weight is 408 g/mol. The van der Waals surface area contributed by atoms with Crippen molar-refractivity contribution in [1.82, 2.24) is 14.9 Å². The Labute approximate surface area is 174 Å². The minimum Gasteiger partial charge on any atom is -0.345 e. The van der Waals surface area contributed by atoms with E-state index in [0.717, 1.165) is 29.8 Å². The van der Waals surface area contributed by atoms with Crippen LogP contribution in [0.3, 0.4) is 0 Å². The monoisotopic (exact) mass is 407 g/mol. The predicted molar refractivity (Wildman–Crippen MR) is 113 cm³/mol. The second kappa shape index (κ2) is 8.21. The molecule has 6 heteroatoms. The molecular weight excluding hydrogens is 386 g/mol. The third-order valence-electron chi connectivity index (χ3n) is 5.41. The summed E-state index contributed by atoms with van der Waals surface area (Å²) in [5.41, 5.74) is 3.03. The van der Waals surface area contributed by atoms with Crippen molar-refractivity contribution in [2.24, 2.45) is 5.92 Å². The van der Waals surface area contributed by atoms with E-state index < -0.39 is 0 Å². The zero-order valence-corrected chi connectivity index (χ0v) is 16.9. The van der Waals surface area contributed by atoms with Crippen molar-refractivity contribution in [2.45, 2.75) is 19.8 Å². The van der Waals surface area contributed by atoms with Crippen molar-refractivity contribution in [3.8, 4) is 11.4 Å². The van der Waals surface area contributed by atoms with Gasteiger partial charge in [-0.1, -0.05) is 23.7 Å². The number of amides is 1. The van der Waals surface area contributed by atoms with Crippen LogP contribution in [0.25, 0.3) is 11.4 Å². The summed E-state index contributed by atoms with van der Waals surface area (Å²) in [5.74, 6) is 0.565. The summed E-state index contributed by atoms with van der Waals surface area (Å²) in [6.07, 6.45) is 5.04. The number of likely N-dealkylation sites (tertiary alicyclic amines) is 1. The molecule has 29 heavy (non-hydrogen) atoms. The van der Waals surface area contributed by atoms with Gasteiger partial charge in [0.15, 0.2) is 5.78 Å². The van der Waals surface area contributed by atoms with Crippen molar-refractivity contribution < 1.29 is 9.59 Å². The Morgan fingerprint density at radius 1 is 1.21 bits per heavy atom. The molecule has 1 saturated heterocycles. The summed E-state index contributed by atoms with van der Waals surface area (Å²) in [5, 5.41) is 0.621. The molecule has 1 amide bonds. The molecule has 4 rings (SSSR count). The highest BCUT2D eigenvalue weighted by Crippen LogP contribution is 2.26. The number of imidazole rings is 1. The first-order valence-corrected chi connectivity index (χ1v) is 10.1. The zero-order valence-electron chi connectivity index (χ0n) is 16.2. The molecule has 0 spiro atoms. The van der Waals surface area contributed by atoms with Gasteiger partial charge >= 0.3 is 0 Å². The van der Waals surface area contributed by atoms with Gasteiger partial charge in [0.1, 0.15) is 5.82 Å². The number of hydrogen-bond donors (Lipinski definition) is 1. The van der Waals surface area contributed by atoms with E-state index in [9.17, 15) is 9.59 Å². The lowest BCUT2D eigenvalue weighted by Gasteiger charge is -2.32. The molecule has 1 fully saturated rings. The van der Waals surface area contributed by atoms with E-state index in [0.29, 0.717) is 29.2 Å². The summed E-state index contributed by atoms with van der Waals surface area (Å²) in [6, 6.07) is 12.8. The van der Waals surface area contributed by atoms with Gasteiger partial charge in [0, 0.05) is 53.1 Å². The van der Waals surface area contributed by atoms with Crippen molar-refractivity contribution in [1.29, 1.82) is 0 Å². The molecule has 2 aromatic carbocycles. The molecule has 1 unspecified atom stereocenters. The maximum absolute atomic E-state index is 13.1. The summed E-state index contributed by atoms with van der Waals surface area (Å²) < 4.78 is 0. The fraction of sp³-hybridized carbons (Fsp3) is 0.261. The number of aromatic nitrogens is 2. The Morgan fingerprint density at radius 2 is 2.07 bits per heavy atom. The first-order valence-electron chi connectivity index (χ1n) is 9.72. The number of H-pyrrole nitrogens is 1. The third-order valence-corrected chi connectivity index (χ3v) is 5.65. The van der Waals surface area contributed by atoms with Crippen LogP contribution in [0.4, 0.5) is 0 Å². The number of Topliss-reactive ketones (excluding diaryl/α,β-unsaturated/α-hetero) is 1. The number of ketones is 1. The third kappa shape index (κ3) is 4.10. The molecule has 1 aromatic heterocycles. The van der Waals surface area contributed by atoms with E-state index in [1.54, 1.807) is 35.5 Å². The first kappa shape index (κ1) is 19.4. The van der Waals surface area contributed by atoms with Crippen molar-refractivity contribution in [3.63, 3.8) is 0 Å². The lowest BCUT2D eigenvalue weighted by atomic mass is 9.88. The number of halogens is 1. The Hall–Kier alpha value is -2.92. The Morgan fingerprint density at radius 3 is 2.83 bits per heavy atom. The van der Waals surface area contributed by atoms with Gasteiger partial charge in [-0.2, -0.15) is 0 Å². The molecule has 0 aliphatic carbocycles. The predicted octanol–water partition coefficient (Wildman–Crippen LogP) is 4.77. The fourth-order valence-electron chi connectivity index (χ4n) is 3.90. The highest BCUT2D eigenvalue weighted by atomic mass is 35.5. The second-order valence-electron chi connectivity index (χ2n) is 7.43. The van der Waals surface area contributed by atoms with Gasteiger partial charge in [-0.15, -0.1) is 0 Å². The number of piperidine rings is 1. The average Bonchev–Trinajstić information content (AvgIpc) is 3.28. The van der Waals surface area contributed by atoms with Crippen LogP contribution in [0.5, 0.6) is 0 Å². The number of nitrogens with zero attached hydrogens (tertiary/aromatic N) is 2. The van der Waals surface area contributed by atoms with Crippen LogP contribution in [0.1, 0.15) is 39.1 Å². The summed E-state index contributed by atoms with van der Waals surface area (Å²) in [4.78, 5) is 35.3. The molecule has 1 N–H and O–H groups in total. The molecule has 1 aliphatic rings. The number of benzene rings is 2. The highest BCUT2D eigenvalue weighted by molar-refractivity contribution is 6.30. The molecule has 0 radical (unpaired) electrons. The number of carbonyl (C=O) groups excluding carboxylic acids is 2. The van der Waals surface area contributed by atoms with Gasteiger partial charge in [0.2, 0.25) is 0 Å². The Bertz CT molecular complexity index is 1050. The smallest absolute Gasteiger partial charge is 0.253 e. The van der Waals surface area contributed by atoms with Crippen LogP contribution in [-0.2, 0) is 0 Å². The van der Waals surface area contributed by atoms with Crippen molar-refractivity contribution >= 4 is 23.3 Å². The molecule has 148 valence electrons. The van der Waals surface area contributed by atoms with E-state index in [1.165, 1.54) is 0 Å². The van der Waals surface area contributed by atoms with Gasteiger partial charge < -0.3 is 9.88 Å². The topological polar surface area (TPSA) is 66.1 Å². The van der Waals surface area contributed by atoms with Crippen LogP contribution < -0.4 is 0 Å². The van der Waals surface area contributed by atoms with Gasteiger partial charge in [0.05, 0.1) is 0 Å². The van der Waals surface area contributed by atoms with Gasteiger partial charge in [-0.25, -0.2) is 4.98 Å². The molecule has 0 bridgehead atoms. The fourth-order valence-corrected chi connectivity index (χ4v) is 4.13. The maximum atomic E-state index is 13.1. The molecular formula is C23H22ClN3O2. The Balaban J connectivity index is 1.52. The SMILES string of the molecule is Cc1cc(Cl)ccc1C(=O)C1CCCN(C(=O)c2cccc(-c3ncc[nH]3)c2)C1. The Kier molecular flexibility index (Phi) is 5.49. The van der Waals surface area contributed by atoms with Crippen LogP contribution in [0, 0.1) is 12.8 Å². The molecule has 3 aromatic rings. The summed E-state index contributed by atoms with van der Waals surface area (Å²) >= 11 is 6.02. The highest BCUT2D eigenvalue weighted by Gasteiger charge is 2.30. The summed E-state index contributed by atoms with van der Waals surface area (Å²) in [6.45, 7) is 2.99. The molecule has 2 heterocycles. The van der Waals surface area contributed by atoms with Gasteiger partial charge in [0.25, 0.3) is 5.91 Å². The van der Waals surface area contributed by atoms with E-state index in [2.05, 4.69) is 9.97 Å². The number of rotatable bonds is 4. The second-order valence-corrected chi connectivity index (χ2v) is 7.87. The first-order chi connectivity index (χ1) is 14.0. The van der Waals surface area contributed by atoms with Gasteiger partial charge in [-0.05, 0) is 55.7 Å². The van der Waals surface area contributed by atoms with E-state index in [1.807, 2.05) is 31.2 Å².